The van der Waals surface area contributed by atoms with E-state index in [0.29, 0.717) is 0 Å². The van der Waals surface area contributed by atoms with E-state index in [9.17, 15) is 24.0 Å². The van der Waals surface area contributed by atoms with Crippen LogP contribution in [-0.2, 0) is 33.3 Å². The van der Waals surface area contributed by atoms with E-state index in [-0.39, 0.29) is 11.2 Å². The molecule has 4 heterocycles. The molecular formula is C15H14N4O9. The largest absolute Gasteiger partial charge is 0.454 e. The van der Waals surface area contributed by atoms with E-state index >= 15 is 0 Å². The molecule has 13 nitrogen and oxygen atoms in total. The second kappa shape index (κ2) is 6.30. The first-order valence-electron chi connectivity index (χ1n) is 8.16. The van der Waals surface area contributed by atoms with Crippen LogP contribution >= 0.6 is 0 Å². The van der Waals surface area contributed by atoms with E-state index in [1.54, 1.807) is 0 Å². The molecule has 2 N–H and O–H groups in total. The number of ether oxygens (including phenoxy) is 4. The van der Waals surface area contributed by atoms with Crippen molar-refractivity contribution in [1.82, 2.24) is 19.5 Å². The van der Waals surface area contributed by atoms with Crippen molar-refractivity contribution in [2.24, 2.45) is 0 Å². The molecule has 28 heavy (non-hydrogen) atoms. The lowest BCUT2D eigenvalue weighted by Gasteiger charge is -2.22. The van der Waals surface area contributed by atoms with E-state index in [1.807, 2.05) is 4.98 Å². The molecule has 4 rings (SSSR count). The Kier molecular flexibility index (Phi) is 4.03. The number of esters is 3. The van der Waals surface area contributed by atoms with E-state index in [2.05, 4.69) is 9.97 Å². The number of carbonyl (C=O) groups is 3. The summed E-state index contributed by atoms with van der Waals surface area (Å²) in [5, 5.41) is 0. The first-order chi connectivity index (χ1) is 13.3. The summed E-state index contributed by atoms with van der Waals surface area (Å²) in [4.78, 5) is 66.8. The zero-order chi connectivity index (χ0) is 20.2. The second-order valence-corrected chi connectivity index (χ2v) is 6.25. The molecule has 2 saturated heterocycles. The highest BCUT2D eigenvalue weighted by Crippen LogP contribution is 2.40. The van der Waals surface area contributed by atoms with Crippen LogP contribution < -0.4 is 11.2 Å². The van der Waals surface area contributed by atoms with Gasteiger partial charge in [-0.1, -0.05) is 0 Å². The average Bonchev–Trinajstić information content (AvgIpc) is 3.22. The highest BCUT2D eigenvalue weighted by Gasteiger charge is 2.61. The quantitative estimate of drug-likeness (QED) is 0.442. The van der Waals surface area contributed by atoms with Crippen molar-refractivity contribution in [2.75, 3.05) is 0 Å². The lowest BCUT2D eigenvalue weighted by molar-refractivity contribution is -0.174. The van der Waals surface area contributed by atoms with Crippen LogP contribution in [0.2, 0.25) is 0 Å². The summed E-state index contributed by atoms with van der Waals surface area (Å²) in [5.41, 5.74) is -1.55. The highest BCUT2D eigenvalue weighted by molar-refractivity contribution is 5.82. The average molecular weight is 394 g/mol. The van der Waals surface area contributed by atoms with E-state index in [4.69, 9.17) is 18.9 Å². The SMILES string of the molecule is CC(=O)O[C@H]1[C@H]2OC(=O)[C@@H](OC(C)=O)[C@H]2O[C@@H]1n1cnc2c(=O)[nH]c(=O)[nH]c21. The van der Waals surface area contributed by atoms with Crippen LogP contribution in [0, 0.1) is 0 Å². The zero-order valence-corrected chi connectivity index (χ0v) is 14.5. The summed E-state index contributed by atoms with van der Waals surface area (Å²) in [6.07, 6.45) is -4.49. The molecule has 13 heteroatoms. The van der Waals surface area contributed by atoms with Crippen LogP contribution in [0.1, 0.15) is 20.1 Å². The molecule has 2 aromatic rings. The van der Waals surface area contributed by atoms with Gasteiger partial charge in [0.1, 0.15) is 11.8 Å². The summed E-state index contributed by atoms with van der Waals surface area (Å²) in [6.45, 7) is 2.28. The summed E-state index contributed by atoms with van der Waals surface area (Å²) in [6, 6.07) is 0. The van der Waals surface area contributed by atoms with Gasteiger partial charge in [-0.05, 0) is 0 Å². The number of rotatable bonds is 3. The third-order valence-corrected chi connectivity index (χ3v) is 4.35. The minimum absolute atomic E-state index is 0.0197. The molecular weight excluding hydrogens is 380 g/mol. The Labute approximate surface area is 154 Å². The van der Waals surface area contributed by atoms with Gasteiger partial charge in [-0.15, -0.1) is 0 Å². The maximum atomic E-state index is 12.0. The number of imidazole rings is 1. The maximum absolute atomic E-state index is 12.0. The molecule has 2 fully saturated rings. The molecule has 2 aromatic heterocycles. The minimum atomic E-state index is -1.34. The van der Waals surface area contributed by atoms with Crippen molar-refractivity contribution >= 4 is 29.1 Å². The van der Waals surface area contributed by atoms with Gasteiger partial charge in [0.05, 0.1) is 6.33 Å². The fourth-order valence-corrected chi connectivity index (χ4v) is 3.36. The molecule has 0 unspecified atom stereocenters. The predicted molar refractivity (Wildman–Crippen MR) is 85.9 cm³/mol. The Morgan fingerprint density at radius 2 is 1.82 bits per heavy atom. The number of nitrogens with zero attached hydrogens (tertiary/aromatic N) is 2. The van der Waals surface area contributed by atoms with Crippen molar-refractivity contribution in [1.29, 1.82) is 0 Å². The molecule has 148 valence electrons. The fraction of sp³-hybridized carbons (Fsp3) is 0.467. The summed E-state index contributed by atoms with van der Waals surface area (Å²) < 4.78 is 22.5. The van der Waals surface area contributed by atoms with E-state index < -0.39 is 59.8 Å². The van der Waals surface area contributed by atoms with Crippen LogP contribution in [0.5, 0.6) is 0 Å². The molecule has 2 aliphatic heterocycles. The van der Waals surface area contributed by atoms with Gasteiger partial charge < -0.3 is 18.9 Å². The van der Waals surface area contributed by atoms with Crippen molar-refractivity contribution in [2.45, 2.75) is 44.5 Å². The smallest absolute Gasteiger partial charge is 0.350 e. The van der Waals surface area contributed by atoms with Crippen molar-refractivity contribution in [3.05, 3.63) is 27.2 Å². The third-order valence-electron chi connectivity index (χ3n) is 4.35. The Bertz CT molecular complexity index is 1100. The summed E-state index contributed by atoms with van der Waals surface area (Å²) in [5.74, 6) is -2.23. The van der Waals surface area contributed by atoms with Gasteiger partial charge >= 0.3 is 23.6 Å². The molecule has 0 aliphatic carbocycles. The first kappa shape index (κ1) is 17.9. The second-order valence-electron chi connectivity index (χ2n) is 6.25. The maximum Gasteiger partial charge on any atom is 0.350 e. The van der Waals surface area contributed by atoms with Crippen LogP contribution in [0.3, 0.4) is 0 Å². The molecule has 0 radical (unpaired) electrons. The monoisotopic (exact) mass is 394 g/mol. The topological polar surface area (TPSA) is 172 Å². The van der Waals surface area contributed by atoms with Crippen molar-refractivity contribution in [3.63, 3.8) is 0 Å². The lowest BCUT2D eigenvalue weighted by atomic mass is 10.1. The number of fused-ring (bicyclic) bond motifs is 2. The van der Waals surface area contributed by atoms with Gasteiger partial charge in [-0.25, -0.2) is 14.6 Å². The molecule has 0 saturated carbocycles. The van der Waals surface area contributed by atoms with Gasteiger partial charge in [0, 0.05) is 13.8 Å². The Morgan fingerprint density at radius 3 is 2.50 bits per heavy atom. The van der Waals surface area contributed by atoms with Crippen LogP contribution in [0.15, 0.2) is 15.9 Å². The van der Waals surface area contributed by atoms with Crippen LogP contribution in [0.4, 0.5) is 0 Å². The Morgan fingerprint density at radius 1 is 1.11 bits per heavy atom. The molecule has 0 aromatic carbocycles. The van der Waals surface area contributed by atoms with Gasteiger partial charge in [-0.2, -0.15) is 0 Å². The minimum Gasteiger partial charge on any atom is -0.454 e. The van der Waals surface area contributed by atoms with Gasteiger partial charge in [0.25, 0.3) is 5.56 Å². The van der Waals surface area contributed by atoms with E-state index in [1.165, 1.54) is 10.9 Å². The number of carbonyl (C=O) groups excluding carboxylic acids is 3. The number of hydrogen-bond donors (Lipinski definition) is 2. The fourth-order valence-electron chi connectivity index (χ4n) is 3.36. The standard InChI is InChI=1S/C15H14N4O9/c1-4(20)25-9-7-8(10(14(23)28-7)26-5(2)21)27-13(9)19-3-16-6-11(19)17-15(24)18-12(6)22/h3,7-10,13H,1-2H3,(H2,17,18,22,24)/t7-,8-,9-,10-,13-/m0/s1. The number of H-pyrrole nitrogens is 2. The van der Waals surface area contributed by atoms with E-state index in [0.717, 1.165) is 13.8 Å². The number of hydrogen-bond acceptors (Lipinski definition) is 10. The van der Waals surface area contributed by atoms with Gasteiger partial charge in [-0.3, -0.25) is 28.9 Å². The summed E-state index contributed by atoms with van der Waals surface area (Å²) in [7, 11) is 0. The normalized spacial score (nSPS) is 28.8. The Balaban J connectivity index is 1.78. The number of aromatic nitrogens is 4. The molecule has 0 amide bonds. The van der Waals surface area contributed by atoms with Crippen molar-refractivity contribution in [3.8, 4) is 0 Å². The van der Waals surface area contributed by atoms with Gasteiger partial charge in [0.2, 0.25) is 6.10 Å². The predicted octanol–water partition coefficient (Wildman–Crippen LogP) is -1.90. The zero-order valence-electron chi connectivity index (χ0n) is 14.5. The molecule has 2 aliphatic rings. The summed E-state index contributed by atoms with van der Waals surface area (Å²) >= 11 is 0. The lowest BCUT2D eigenvalue weighted by Crippen LogP contribution is -2.36. The van der Waals surface area contributed by atoms with Crippen LogP contribution in [0.25, 0.3) is 11.2 Å². The number of aromatic amines is 2. The van der Waals surface area contributed by atoms with Crippen LogP contribution in [-0.4, -0.2) is 61.8 Å². The third kappa shape index (κ3) is 2.76. The number of nitrogens with one attached hydrogen (secondary N) is 2. The first-order valence-corrected chi connectivity index (χ1v) is 8.16. The molecule has 5 atom stereocenters. The Hall–Kier alpha value is -3.48. The molecule has 0 bridgehead atoms. The highest BCUT2D eigenvalue weighted by atomic mass is 16.7. The molecule has 0 spiro atoms. The van der Waals surface area contributed by atoms with Crippen molar-refractivity contribution < 1.29 is 33.3 Å². The van der Waals surface area contributed by atoms with Gasteiger partial charge in [0.15, 0.2) is 24.0 Å².